The van der Waals surface area contributed by atoms with Gasteiger partial charge >= 0.3 is 17.9 Å². The molecule has 0 aromatic heterocycles. The number of hydrogen-bond acceptors (Lipinski definition) is 6. The van der Waals surface area contributed by atoms with Crippen LogP contribution in [0.25, 0.3) is 0 Å². The SMILES string of the molecule is CCCCCCCC/C=C/C/C=C/CCC(=O)OCC(COC(=O)CCCCC/C=C/C=C/CCCCCCCCC)OC(=O)CCCCCCCCCCCCCCCC. The molecule has 0 heterocycles. The molecule has 0 bridgehead atoms. The number of carbonyl (C=O) groups excluding carboxylic acids is 3. The first-order valence-electron chi connectivity index (χ1n) is 26.2. The first-order chi connectivity index (χ1) is 30.0. The smallest absolute Gasteiger partial charge is 0.306 e. The molecular weight excluding hydrogens is 757 g/mol. The summed E-state index contributed by atoms with van der Waals surface area (Å²) in [5.41, 5.74) is 0. The fraction of sp³-hybridized carbons (Fsp3) is 0.800. The highest BCUT2D eigenvalue weighted by atomic mass is 16.6. The number of carbonyl (C=O) groups is 3. The van der Waals surface area contributed by atoms with Gasteiger partial charge in [-0.05, 0) is 64.2 Å². The van der Waals surface area contributed by atoms with Crippen LogP contribution in [0.15, 0.2) is 48.6 Å². The van der Waals surface area contributed by atoms with Crippen LogP contribution < -0.4 is 0 Å². The summed E-state index contributed by atoms with van der Waals surface area (Å²) in [4.78, 5) is 37.9. The lowest BCUT2D eigenvalue weighted by Gasteiger charge is -2.18. The van der Waals surface area contributed by atoms with Gasteiger partial charge in [0.25, 0.3) is 0 Å². The van der Waals surface area contributed by atoms with Gasteiger partial charge in [0.15, 0.2) is 6.10 Å². The van der Waals surface area contributed by atoms with Crippen LogP contribution in [0.5, 0.6) is 0 Å². The van der Waals surface area contributed by atoms with E-state index in [2.05, 4.69) is 63.3 Å². The monoisotopic (exact) mass is 855 g/mol. The lowest BCUT2D eigenvalue weighted by atomic mass is 10.0. The molecule has 0 rings (SSSR count). The number of rotatable bonds is 47. The Hall–Kier alpha value is -2.63. The Balaban J connectivity index is 4.46. The summed E-state index contributed by atoms with van der Waals surface area (Å²) in [6, 6.07) is 0. The largest absolute Gasteiger partial charge is 0.462 e. The third-order valence-electron chi connectivity index (χ3n) is 11.3. The molecule has 0 aliphatic heterocycles. The molecule has 0 N–H and O–H groups in total. The zero-order valence-electron chi connectivity index (χ0n) is 40.4. The number of unbranched alkanes of at least 4 members (excludes halogenated alkanes) is 29. The van der Waals surface area contributed by atoms with Crippen LogP contribution in [0.3, 0.4) is 0 Å². The summed E-state index contributed by atoms with van der Waals surface area (Å²) in [6.45, 7) is 6.56. The van der Waals surface area contributed by atoms with Gasteiger partial charge in [0, 0.05) is 19.3 Å². The van der Waals surface area contributed by atoms with E-state index in [0.29, 0.717) is 19.3 Å². The van der Waals surface area contributed by atoms with E-state index in [1.165, 1.54) is 154 Å². The quantitative estimate of drug-likeness (QED) is 0.0199. The van der Waals surface area contributed by atoms with Crippen LogP contribution in [-0.2, 0) is 28.6 Å². The highest BCUT2D eigenvalue weighted by Crippen LogP contribution is 2.15. The van der Waals surface area contributed by atoms with Gasteiger partial charge in [0.05, 0.1) is 0 Å². The van der Waals surface area contributed by atoms with Crippen LogP contribution in [-0.4, -0.2) is 37.2 Å². The highest BCUT2D eigenvalue weighted by molar-refractivity contribution is 5.71. The van der Waals surface area contributed by atoms with E-state index in [4.69, 9.17) is 14.2 Å². The van der Waals surface area contributed by atoms with Crippen LogP contribution in [0, 0.1) is 0 Å². The van der Waals surface area contributed by atoms with E-state index >= 15 is 0 Å². The molecule has 0 saturated heterocycles. The summed E-state index contributed by atoms with van der Waals surface area (Å²) in [5, 5.41) is 0. The van der Waals surface area contributed by atoms with Crippen molar-refractivity contribution in [2.45, 2.75) is 271 Å². The standard InChI is InChI=1S/C55H98O6/c1-4-7-10-13-16-19-22-25-27-28-31-33-36-39-42-45-48-54(57)60-51-52(50-59-53(56)47-44-41-38-35-32-29-24-21-18-15-12-9-6-3)61-55(58)49-46-43-40-37-34-30-26-23-20-17-14-11-8-5-2/h27-29,31-33,38,41,52H,4-26,30,34-37,39-40,42-51H2,1-3H3/b28-27+,32-29+,33-31+,41-38+. The van der Waals surface area contributed by atoms with Crippen LogP contribution in [0.2, 0.25) is 0 Å². The number of hydrogen-bond donors (Lipinski definition) is 0. The molecule has 1 atom stereocenters. The molecule has 0 radical (unpaired) electrons. The second kappa shape index (κ2) is 50.0. The second-order valence-corrected chi connectivity index (χ2v) is 17.5. The number of ether oxygens (including phenoxy) is 3. The van der Waals surface area contributed by atoms with E-state index in [1.54, 1.807) is 0 Å². The van der Waals surface area contributed by atoms with Gasteiger partial charge in [-0.15, -0.1) is 0 Å². The van der Waals surface area contributed by atoms with Crippen LogP contribution in [0.4, 0.5) is 0 Å². The topological polar surface area (TPSA) is 78.9 Å². The lowest BCUT2D eigenvalue weighted by molar-refractivity contribution is -0.166. The molecule has 0 aromatic rings. The van der Waals surface area contributed by atoms with E-state index in [9.17, 15) is 14.4 Å². The zero-order chi connectivity index (χ0) is 44.4. The van der Waals surface area contributed by atoms with Crippen LogP contribution >= 0.6 is 0 Å². The second-order valence-electron chi connectivity index (χ2n) is 17.5. The first kappa shape index (κ1) is 58.4. The average molecular weight is 855 g/mol. The van der Waals surface area contributed by atoms with Crippen molar-refractivity contribution in [3.8, 4) is 0 Å². The van der Waals surface area contributed by atoms with E-state index in [1.807, 2.05) is 6.08 Å². The maximum atomic E-state index is 12.8. The van der Waals surface area contributed by atoms with Gasteiger partial charge in [-0.3, -0.25) is 14.4 Å². The Morgan fingerprint density at radius 3 is 1.11 bits per heavy atom. The Kier molecular flexibility index (Phi) is 47.9. The molecule has 354 valence electrons. The maximum absolute atomic E-state index is 12.8. The molecule has 0 spiro atoms. The van der Waals surface area contributed by atoms with Gasteiger partial charge in [0.1, 0.15) is 13.2 Å². The zero-order valence-corrected chi connectivity index (χ0v) is 40.4. The minimum atomic E-state index is -0.802. The van der Waals surface area contributed by atoms with Gasteiger partial charge in [-0.2, -0.15) is 0 Å². The van der Waals surface area contributed by atoms with Crippen molar-refractivity contribution in [1.82, 2.24) is 0 Å². The first-order valence-corrected chi connectivity index (χ1v) is 26.2. The Bertz CT molecular complexity index is 1070. The van der Waals surface area contributed by atoms with Gasteiger partial charge in [-0.1, -0.05) is 230 Å². The lowest BCUT2D eigenvalue weighted by Crippen LogP contribution is -2.30. The molecule has 0 aromatic carbocycles. The molecule has 0 saturated carbocycles. The molecule has 0 aliphatic rings. The summed E-state index contributed by atoms with van der Waals surface area (Å²) in [7, 11) is 0. The fourth-order valence-corrected chi connectivity index (χ4v) is 7.37. The van der Waals surface area contributed by atoms with Crippen molar-refractivity contribution in [3.05, 3.63) is 48.6 Å². The predicted octanol–water partition coefficient (Wildman–Crippen LogP) is 17.1. The Labute approximate surface area is 378 Å². The van der Waals surface area contributed by atoms with Crippen molar-refractivity contribution in [2.75, 3.05) is 13.2 Å². The summed E-state index contributed by atoms with van der Waals surface area (Å²) in [5.74, 6) is -0.987. The summed E-state index contributed by atoms with van der Waals surface area (Å²) >= 11 is 0. The van der Waals surface area contributed by atoms with Crippen molar-refractivity contribution in [3.63, 3.8) is 0 Å². The van der Waals surface area contributed by atoms with Gasteiger partial charge < -0.3 is 14.2 Å². The molecule has 1 unspecified atom stereocenters. The van der Waals surface area contributed by atoms with Crippen molar-refractivity contribution in [1.29, 1.82) is 0 Å². The minimum absolute atomic E-state index is 0.102. The molecule has 0 aliphatic carbocycles. The predicted molar refractivity (Wildman–Crippen MR) is 261 cm³/mol. The van der Waals surface area contributed by atoms with Gasteiger partial charge in [-0.25, -0.2) is 0 Å². The summed E-state index contributed by atoms with van der Waals surface area (Å²) in [6.07, 6.45) is 59.6. The molecule has 0 amide bonds. The highest BCUT2D eigenvalue weighted by Gasteiger charge is 2.19. The molecular formula is C55H98O6. The summed E-state index contributed by atoms with van der Waals surface area (Å²) < 4.78 is 16.7. The Morgan fingerprint density at radius 1 is 0.344 bits per heavy atom. The van der Waals surface area contributed by atoms with Crippen LogP contribution in [0.1, 0.15) is 265 Å². The Morgan fingerprint density at radius 2 is 0.672 bits per heavy atom. The van der Waals surface area contributed by atoms with Crippen molar-refractivity contribution < 1.29 is 28.6 Å². The third kappa shape index (κ3) is 48.3. The van der Waals surface area contributed by atoms with Crippen molar-refractivity contribution >= 4 is 17.9 Å². The minimum Gasteiger partial charge on any atom is -0.462 e. The normalized spacial score (nSPS) is 12.4. The average Bonchev–Trinajstić information content (AvgIpc) is 3.26. The number of esters is 3. The number of allylic oxidation sites excluding steroid dienone is 8. The molecule has 61 heavy (non-hydrogen) atoms. The third-order valence-corrected chi connectivity index (χ3v) is 11.3. The van der Waals surface area contributed by atoms with E-state index in [-0.39, 0.29) is 37.5 Å². The fourth-order valence-electron chi connectivity index (χ4n) is 7.37. The molecule has 0 fully saturated rings. The van der Waals surface area contributed by atoms with E-state index in [0.717, 1.165) is 64.2 Å². The molecule has 6 heteroatoms. The molecule has 6 nitrogen and oxygen atoms in total. The maximum Gasteiger partial charge on any atom is 0.306 e. The van der Waals surface area contributed by atoms with Crippen molar-refractivity contribution in [2.24, 2.45) is 0 Å². The van der Waals surface area contributed by atoms with E-state index < -0.39 is 6.10 Å². The van der Waals surface area contributed by atoms with Gasteiger partial charge in [0.2, 0.25) is 0 Å².